The van der Waals surface area contributed by atoms with Gasteiger partial charge in [0.2, 0.25) is 0 Å². The van der Waals surface area contributed by atoms with Gasteiger partial charge >= 0.3 is 0 Å². The predicted molar refractivity (Wildman–Crippen MR) is 91.8 cm³/mol. The first-order valence-corrected chi connectivity index (χ1v) is 8.95. The lowest BCUT2D eigenvalue weighted by atomic mass is 10.0. The Balaban J connectivity index is 2.08. The van der Waals surface area contributed by atoms with E-state index >= 15 is 0 Å². The van der Waals surface area contributed by atoms with Crippen molar-refractivity contribution in [3.05, 3.63) is 16.7 Å². The van der Waals surface area contributed by atoms with E-state index in [4.69, 9.17) is 11.6 Å². The highest BCUT2D eigenvalue weighted by Crippen LogP contribution is 2.14. The van der Waals surface area contributed by atoms with Gasteiger partial charge in [-0.3, -0.25) is 0 Å². The number of hydrogen-bond donors (Lipinski definition) is 2. The van der Waals surface area contributed by atoms with Crippen molar-refractivity contribution in [2.75, 3.05) is 6.54 Å². The molecule has 0 aromatic carbocycles. The van der Waals surface area contributed by atoms with Gasteiger partial charge in [0.15, 0.2) is 5.15 Å². The molecule has 21 heavy (non-hydrogen) atoms. The molecule has 0 saturated heterocycles. The summed E-state index contributed by atoms with van der Waals surface area (Å²) in [6.45, 7) is 8.63. The summed E-state index contributed by atoms with van der Waals surface area (Å²) in [6, 6.07) is 0. The van der Waals surface area contributed by atoms with Crippen LogP contribution < -0.4 is 5.32 Å². The van der Waals surface area contributed by atoms with Crippen molar-refractivity contribution in [1.29, 1.82) is 0 Å². The first kappa shape index (κ1) is 18.5. The van der Waals surface area contributed by atoms with Crippen LogP contribution in [0, 0.1) is 5.92 Å². The van der Waals surface area contributed by atoms with Crippen LogP contribution in [0.1, 0.15) is 77.2 Å². The van der Waals surface area contributed by atoms with Crippen LogP contribution in [-0.2, 0) is 13.0 Å². The van der Waals surface area contributed by atoms with Crippen LogP contribution in [0.4, 0.5) is 0 Å². The van der Waals surface area contributed by atoms with Crippen molar-refractivity contribution in [3.8, 4) is 0 Å². The quantitative estimate of drug-likeness (QED) is 0.527. The third kappa shape index (κ3) is 8.47. The molecule has 0 amide bonds. The van der Waals surface area contributed by atoms with Gasteiger partial charge in [0, 0.05) is 13.0 Å². The predicted octanol–water partition coefficient (Wildman–Crippen LogP) is 5.10. The molecule has 0 aliphatic rings. The molecule has 0 spiro atoms. The molecule has 0 aliphatic carbocycles. The van der Waals surface area contributed by atoms with E-state index < -0.39 is 0 Å². The lowest BCUT2D eigenvalue weighted by Gasteiger charge is -2.05. The van der Waals surface area contributed by atoms with Gasteiger partial charge < -0.3 is 10.3 Å². The van der Waals surface area contributed by atoms with E-state index in [0.717, 1.165) is 43.4 Å². The summed E-state index contributed by atoms with van der Waals surface area (Å²) >= 11 is 6.15. The van der Waals surface area contributed by atoms with E-state index in [0.29, 0.717) is 5.15 Å². The molecule has 0 atom stereocenters. The number of nitrogens with one attached hydrogen (secondary N) is 2. The fourth-order valence-electron chi connectivity index (χ4n) is 2.39. The second kappa shape index (κ2) is 11.1. The molecular formula is C17H32ClN3. The maximum Gasteiger partial charge on any atom is 0.151 e. The molecule has 2 N–H and O–H groups in total. The summed E-state index contributed by atoms with van der Waals surface area (Å²) in [5.74, 6) is 1.86. The molecule has 1 aromatic heterocycles. The number of nitrogens with zero attached hydrogens (tertiary/aromatic N) is 1. The van der Waals surface area contributed by atoms with Gasteiger partial charge in [-0.1, -0.05) is 64.5 Å². The molecule has 1 rings (SSSR count). The minimum atomic E-state index is 0.630. The highest BCUT2D eigenvalue weighted by atomic mass is 35.5. The molecule has 1 heterocycles. The average molecular weight is 314 g/mol. The van der Waals surface area contributed by atoms with Crippen LogP contribution in [0.5, 0.6) is 0 Å². The van der Waals surface area contributed by atoms with Gasteiger partial charge in [-0.15, -0.1) is 0 Å². The number of H-pyrrole nitrogens is 1. The number of hydrogen-bond acceptors (Lipinski definition) is 2. The first-order chi connectivity index (χ1) is 10.1. The second-order valence-electron chi connectivity index (χ2n) is 6.33. The molecule has 0 fully saturated rings. The van der Waals surface area contributed by atoms with Crippen molar-refractivity contribution >= 4 is 11.6 Å². The zero-order chi connectivity index (χ0) is 15.5. The normalized spacial score (nSPS) is 11.5. The summed E-state index contributed by atoms with van der Waals surface area (Å²) in [5, 5.41) is 4.09. The van der Waals surface area contributed by atoms with Gasteiger partial charge in [0.25, 0.3) is 0 Å². The average Bonchev–Trinajstić information content (AvgIpc) is 2.79. The Morgan fingerprint density at radius 3 is 2.62 bits per heavy atom. The highest BCUT2D eigenvalue weighted by Gasteiger charge is 2.07. The number of unbranched alkanes of at least 4 members (excludes halogenated alkanes) is 4. The fraction of sp³-hybridized carbons (Fsp3) is 0.824. The van der Waals surface area contributed by atoms with E-state index in [-0.39, 0.29) is 0 Å². The Morgan fingerprint density at radius 1 is 1.14 bits per heavy atom. The Labute approximate surface area is 135 Å². The Kier molecular flexibility index (Phi) is 9.77. The highest BCUT2D eigenvalue weighted by molar-refractivity contribution is 6.30. The SMILES string of the molecule is CCCCc1nc(Cl)c(CNCCCCCCC(C)C)[nH]1. The number of imidazole rings is 1. The van der Waals surface area contributed by atoms with Crippen molar-refractivity contribution in [2.45, 2.75) is 78.7 Å². The summed E-state index contributed by atoms with van der Waals surface area (Å²) in [7, 11) is 0. The van der Waals surface area contributed by atoms with Crippen LogP contribution in [0.15, 0.2) is 0 Å². The van der Waals surface area contributed by atoms with Crippen LogP contribution >= 0.6 is 11.6 Å². The molecule has 3 nitrogen and oxygen atoms in total. The van der Waals surface area contributed by atoms with Gasteiger partial charge in [-0.2, -0.15) is 0 Å². The monoisotopic (exact) mass is 313 g/mol. The van der Waals surface area contributed by atoms with Crippen molar-refractivity contribution in [1.82, 2.24) is 15.3 Å². The standard InChI is InChI=1S/C17H32ClN3/c1-4-5-11-16-20-15(17(18)21-16)13-19-12-9-7-6-8-10-14(2)3/h14,19H,4-13H2,1-3H3,(H,20,21). The number of aryl methyl sites for hydroxylation is 1. The molecule has 0 saturated carbocycles. The molecule has 122 valence electrons. The van der Waals surface area contributed by atoms with Crippen LogP contribution in [0.25, 0.3) is 0 Å². The Morgan fingerprint density at radius 2 is 1.90 bits per heavy atom. The number of aromatic nitrogens is 2. The zero-order valence-electron chi connectivity index (χ0n) is 14.0. The van der Waals surface area contributed by atoms with Crippen LogP contribution in [0.3, 0.4) is 0 Å². The molecule has 0 bridgehead atoms. The number of rotatable bonds is 12. The molecular weight excluding hydrogens is 282 g/mol. The third-order valence-electron chi connectivity index (χ3n) is 3.73. The van der Waals surface area contributed by atoms with Gasteiger partial charge in [0.1, 0.15) is 5.82 Å². The third-order valence-corrected chi connectivity index (χ3v) is 4.04. The summed E-state index contributed by atoms with van der Waals surface area (Å²) in [5.41, 5.74) is 1.03. The van der Waals surface area contributed by atoms with Crippen LogP contribution in [0.2, 0.25) is 5.15 Å². The summed E-state index contributed by atoms with van der Waals surface area (Å²) in [4.78, 5) is 7.71. The lowest BCUT2D eigenvalue weighted by molar-refractivity contribution is 0.511. The zero-order valence-corrected chi connectivity index (χ0v) is 14.7. The van der Waals surface area contributed by atoms with Gasteiger partial charge in [-0.05, 0) is 25.3 Å². The minimum Gasteiger partial charge on any atom is -0.344 e. The molecule has 0 unspecified atom stereocenters. The van der Waals surface area contributed by atoms with E-state index in [1.807, 2.05) is 0 Å². The van der Waals surface area contributed by atoms with E-state index in [1.54, 1.807) is 0 Å². The van der Waals surface area contributed by atoms with Gasteiger partial charge in [-0.25, -0.2) is 4.98 Å². The van der Waals surface area contributed by atoms with Crippen molar-refractivity contribution in [3.63, 3.8) is 0 Å². The molecule has 0 aliphatic heterocycles. The van der Waals surface area contributed by atoms with Crippen LogP contribution in [-0.4, -0.2) is 16.5 Å². The van der Waals surface area contributed by atoms with Crippen molar-refractivity contribution in [2.24, 2.45) is 5.92 Å². The molecule has 4 heteroatoms. The minimum absolute atomic E-state index is 0.630. The lowest BCUT2D eigenvalue weighted by Crippen LogP contribution is -2.15. The van der Waals surface area contributed by atoms with Gasteiger partial charge in [0.05, 0.1) is 5.69 Å². The largest absolute Gasteiger partial charge is 0.344 e. The summed E-state index contributed by atoms with van der Waals surface area (Å²) < 4.78 is 0. The maximum absolute atomic E-state index is 6.15. The van der Waals surface area contributed by atoms with E-state index in [1.165, 1.54) is 38.5 Å². The molecule has 1 aromatic rings. The number of aromatic amines is 1. The first-order valence-electron chi connectivity index (χ1n) is 8.57. The fourth-order valence-corrected chi connectivity index (χ4v) is 2.61. The maximum atomic E-state index is 6.15. The number of halogens is 1. The van der Waals surface area contributed by atoms with E-state index in [9.17, 15) is 0 Å². The smallest absolute Gasteiger partial charge is 0.151 e. The summed E-state index contributed by atoms with van der Waals surface area (Å²) in [6.07, 6.45) is 9.97. The van der Waals surface area contributed by atoms with Crippen molar-refractivity contribution < 1.29 is 0 Å². The van der Waals surface area contributed by atoms with E-state index in [2.05, 4.69) is 36.1 Å². The Bertz CT molecular complexity index is 374. The second-order valence-corrected chi connectivity index (χ2v) is 6.69. The Hall–Kier alpha value is -0.540. The topological polar surface area (TPSA) is 40.7 Å². The molecule has 0 radical (unpaired) electrons.